The first kappa shape index (κ1) is 13.1. The third kappa shape index (κ3) is 2.90. The smallest absolute Gasteiger partial charge is 0.293 e. The van der Waals surface area contributed by atoms with E-state index in [2.05, 4.69) is 29.2 Å². The number of hydrogen-bond donors (Lipinski definition) is 1. The van der Waals surface area contributed by atoms with Crippen LogP contribution in [0.3, 0.4) is 0 Å². The van der Waals surface area contributed by atoms with Crippen LogP contribution in [-0.2, 0) is 6.54 Å². The molecule has 100 valence electrons. The third-order valence-corrected chi connectivity index (χ3v) is 3.55. The van der Waals surface area contributed by atoms with E-state index in [1.807, 2.05) is 0 Å². The molecule has 0 aliphatic carbocycles. The maximum atomic E-state index is 12.1. The second kappa shape index (κ2) is 6.00. The van der Waals surface area contributed by atoms with E-state index < -0.39 is 0 Å². The van der Waals surface area contributed by atoms with Crippen molar-refractivity contribution in [2.24, 2.45) is 0 Å². The number of likely N-dealkylation sites (tertiary alicyclic amines) is 1. The Morgan fingerprint density at radius 3 is 3.06 bits per heavy atom. The number of aryl methyl sites for hydroxylation is 1. The minimum Gasteiger partial charge on any atom is -0.364 e. The van der Waals surface area contributed by atoms with Crippen LogP contribution >= 0.6 is 0 Å². The van der Waals surface area contributed by atoms with E-state index in [9.17, 15) is 4.79 Å². The van der Waals surface area contributed by atoms with Gasteiger partial charge in [-0.1, -0.05) is 6.92 Å². The normalized spacial score (nSPS) is 20.2. The molecule has 1 aliphatic heterocycles. The molecule has 0 spiro atoms. The lowest BCUT2D eigenvalue weighted by Crippen LogP contribution is -2.34. The molecule has 1 aromatic rings. The topological polar surface area (TPSA) is 50.2 Å². The largest absolute Gasteiger partial charge is 0.364 e. The average molecular weight is 250 g/mol. The van der Waals surface area contributed by atoms with Crippen LogP contribution in [0.2, 0.25) is 0 Å². The first-order chi connectivity index (χ1) is 8.72. The van der Waals surface area contributed by atoms with Gasteiger partial charge in [0.1, 0.15) is 0 Å². The molecule has 5 nitrogen and oxygen atoms in total. The summed E-state index contributed by atoms with van der Waals surface area (Å²) in [7, 11) is 2.13. The quantitative estimate of drug-likeness (QED) is 0.852. The standard InChI is InChI=1S/C13H22N4O/c1-3-7-17-9-6-14-12(13(17)18)15-10-11-5-4-8-16(11)2/h6,9,11H,3-5,7-8,10H2,1-2H3,(H,14,15). The van der Waals surface area contributed by atoms with Crippen molar-refractivity contribution in [3.05, 3.63) is 22.7 Å². The molecule has 5 heteroatoms. The summed E-state index contributed by atoms with van der Waals surface area (Å²) in [6.07, 6.45) is 6.83. The van der Waals surface area contributed by atoms with Crippen molar-refractivity contribution >= 4 is 5.82 Å². The summed E-state index contributed by atoms with van der Waals surface area (Å²) >= 11 is 0. The number of likely N-dealkylation sites (N-methyl/N-ethyl adjacent to an activating group) is 1. The van der Waals surface area contributed by atoms with E-state index in [-0.39, 0.29) is 5.56 Å². The van der Waals surface area contributed by atoms with Crippen molar-refractivity contribution in [1.82, 2.24) is 14.5 Å². The zero-order chi connectivity index (χ0) is 13.0. The van der Waals surface area contributed by atoms with Gasteiger partial charge in [-0.15, -0.1) is 0 Å². The number of hydrogen-bond acceptors (Lipinski definition) is 4. The molecule has 1 atom stereocenters. The maximum absolute atomic E-state index is 12.1. The first-order valence-electron chi connectivity index (χ1n) is 6.72. The van der Waals surface area contributed by atoms with Gasteiger partial charge in [-0.2, -0.15) is 0 Å². The van der Waals surface area contributed by atoms with Gasteiger partial charge >= 0.3 is 0 Å². The molecule has 1 fully saturated rings. The lowest BCUT2D eigenvalue weighted by molar-refractivity contribution is 0.322. The van der Waals surface area contributed by atoms with E-state index >= 15 is 0 Å². The van der Waals surface area contributed by atoms with Crippen molar-refractivity contribution in [3.63, 3.8) is 0 Å². The minimum atomic E-state index is -0.0139. The summed E-state index contributed by atoms with van der Waals surface area (Å²) in [6, 6.07) is 0.519. The molecular formula is C13H22N4O. The summed E-state index contributed by atoms with van der Waals surface area (Å²) < 4.78 is 1.72. The van der Waals surface area contributed by atoms with Crippen molar-refractivity contribution in [3.8, 4) is 0 Å². The summed E-state index contributed by atoms with van der Waals surface area (Å²) in [5.74, 6) is 0.478. The Hall–Kier alpha value is -1.36. The van der Waals surface area contributed by atoms with Crippen LogP contribution < -0.4 is 10.9 Å². The van der Waals surface area contributed by atoms with E-state index in [1.54, 1.807) is 17.0 Å². The lowest BCUT2D eigenvalue weighted by atomic mass is 10.2. The molecule has 1 unspecified atom stereocenters. The number of nitrogens with zero attached hydrogens (tertiary/aromatic N) is 3. The Morgan fingerprint density at radius 2 is 2.39 bits per heavy atom. The summed E-state index contributed by atoms with van der Waals surface area (Å²) in [5.41, 5.74) is -0.0139. The molecule has 0 radical (unpaired) electrons. The lowest BCUT2D eigenvalue weighted by Gasteiger charge is -2.19. The second-order valence-corrected chi connectivity index (χ2v) is 4.93. The third-order valence-electron chi connectivity index (χ3n) is 3.55. The maximum Gasteiger partial charge on any atom is 0.293 e. The summed E-state index contributed by atoms with van der Waals surface area (Å²) in [5, 5.41) is 3.20. The molecule has 0 saturated carbocycles. The van der Waals surface area contributed by atoms with Gasteiger partial charge in [-0.25, -0.2) is 4.98 Å². The molecule has 1 saturated heterocycles. The van der Waals surface area contributed by atoms with E-state index in [0.717, 1.165) is 26.1 Å². The van der Waals surface area contributed by atoms with Crippen LogP contribution in [0, 0.1) is 0 Å². The molecule has 18 heavy (non-hydrogen) atoms. The fourth-order valence-electron chi connectivity index (χ4n) is 2.44. The van der Waals surface area contributed by atoms with Crippen LogP contribution in [0.15, 0.2) is 17.2 Å². The molecule has 2 rings (SSSR count). The Balaban J connectivity index is 2.01. The van der Waals surface area contributed by atoms with E-state index in [1.165, 1.54) is 12.8 Å². The highest BCUT2D eigenvalue weighted by Gasteiger charge is 2.20. The van der Waals surface area contributed by atoms with Crippen LogP contribution in [0.5, 0.6) is 0 Å². The van der Waals surface area contributed by atoms with Crippen molar-refractivity contribution in [2.45, 2.75) is 38.8 Å². The summed E-state index contributed by atoms with van der Waals surface area (Å²) in [6.45, 7) is 4.76. The molecule has 1 N–H and O–H groups in total. The highest BCUT2D eigenvalue weighted by Crippen LogP contribution is 2.14. The number of nitrogens with one attached hydrogen (secondary N) is 1. The highest BCUT2D eigenvalue weighted by atomic mass is 16.1. The molecule has 1 aromatic heterocycles. The predicted molar refractivity (Wildman–Crippen MR) is 72.9 cm³/mol. The van der Waals surface area contributed by atoms with Crippen molar-refractivity contribution < 1.29 is 0 Å². The van der Waals surface area contributed by atoms with Gasteiger partial charge in [0.25, 0.3) is 5.56 Å². The van der Waals surface area contributed by atoms with E-state index in [4.69, 9.17) is 0 Å². The second-order valence-electron chi connectivity index (χ2n) is 4.93. The molecule has 0 amide bonds. The van der Waals surface area contributed by atoms with Gasteiger partial charge < -0.3 is 14.8 Å². The Morgan fingerprint density at radius 1 is 1.56 bits per heavy atom. The highest BCUT2D eigenvalue weighted by molar-refractivity contribution is 5.31. The predicted octanol–water partition coefficient (Wildman–Crippen LogP) is 1.16. The fraction of sp³-hybridized carbons (Fsp3) is 0.692. The average Bonchev–Trinajstić information content (AvgIpc) is 2.76. The molecule has 1 aliphatic rings. The van der Waals surface area contributed by atoms with Crippen LogP contribution in [0.25, 0.3) is 0 Å². The number of aromatic nitrogens is 2. The van der Waals surface area contributed by atoms with E-state index in [0.29, 0.717) is 11.9 Å². The van der Waals surface area contributed by atoms with Crippen LogP contribution in [-0.4, -0.2) is 40.6 Å². The van der Waals surface area contributed by atoms with Gasteiger partial charge in [-0.3, -0.25) is 4.79 Å². The fourth-order valence-corrected chi connectivity index (χ4v) is 2.44. The Labute approximate surface area is 108 Å². The minimum absolute atomic E-state index is 0.0139. The first-order valence-corrected chi connectivity index (χ1v) is 6.72. The Kier molecular flexibility index (Phi) is 4.36. The monoisotopic (exact) mass is 250 g/mol. The van der Waals surface area contributed by atoms with Gasteiger partial charge in [0, 0.05) is 31.5 Å². The van der Waals surface area contributed by atoms with Crippen LogP contribution in [0.4, 0.5) is 5.82 Å². The zero-order valence-electron chi connectivity index (χ0n) is 11.2. The van der Waals surface area contributed by atoms with Crippen molar-refractivity contribution in [1.29, 1.82) is 0 Å². The number of rotatable bonds is 5. The SMILES string of the molecule is CCCn1ccnc(NCC2CCCN2C)c1=O. The molecule has 2 heterocycles. The summed E-state index contributed by atoms with van der Waals surface area (Å²) in [4.78, 5) is 18.5. The van der Waals surface area contributed by atoms with Gasteiger partial charge in [-0.05, 0) is 32.9 Å². The Bertz CT molecular complexity index is 443. The van der Waals surface area contributed by atoms with Gasteiger partial charge in [0.2, 0.25) is 0 Å². The van der Waals surface area contributed by atoms with Gasteiger partial charge in [0.05, 0.1) is 0 Å². The molecule has 0 aromatic carbocycles. The van der Waals surface area contributed by atoms with Gasteiger partial charge in [0.15, 0.2) is 5.82 Å². The van der Waals surface area contributed by atoms with Crippen LogP contribution in [0.1, 0.15) is 26.2 Å². The number of anilines is 1. The molecule has 0 bridgehead atoms. The van der Waals surface area contributed by atoms with Crippen molar-refractivity contribution in [2.75, 3.05) is 25.5 Å². The molecular weight excluding hydrogens is 228 g/mol. The zero-order valence-corrected chi connectivity index (χ0v) is 11.2.